The molecule has 2 aromatic heterocycles. The van der Waals surface area contributed by atoms with E-state index in [1.165, 1.54) is 17.2 Å². The molecule has 1 aliphatic rings. The molecule has 1 unspecified atom stereocenters. The second-order valence-electron chi connectivity index (χ2n) is 7.21. The summed E-state index contributed by atoms with van der Waals surface area (Å²) in [6, 6.07) is 7.75. The molecule has 4 rings (SSSR count). The van der Waals surface area contributed by atoms with Crippen molar-refractivity contribution in [2.45, 2.75) is 6.10 Å². The minimum absolute atomic E-state index is 0.0713. The molecule has 0 bridgehead atoms. The Bertz CT molecular complexity index is 1180. The standard InChI is InChI=1S/C19H20FN6O5P/c1-25-10-18(23-24-25)22-17-6-3-12(8-21-17)15-5-4-13(7-16(15)20)26-9-14(31-19(26)27)11-30-32(2,28)29/h3-8,10,14H,9,11H2,1-2H3,(H,21,22)(H,28,29)/t14-/m1/s1. The molecule has 2 atom stereocenters. The molecule has 1 fully saturated rings. The fraction of sp³-hybridized carbons (Fsp3) is 0.263. The van der Waals surface area contributed by atoms with Crippen molar-refractivity contribution in [3.8, 4) is 11.1 Å². The molecule has 1 aromatic carbocycles. The van der Waals surface area contributed by atoms with Crippen LogP contribution in [0.3, 0.4) is 0 Å². The maximum Gasteiger partial charge on any atom is 0.414 e. The summed E-state index contributed by atoms with van der Waals surface area (Å²) in [4.78, 5) is 26.8. The predicted octanol–water partition coefficient (Wildman–Crippen LogP) is 2.92. The van der Waals surface area contributed by atoms with Gasteiger partial charge in [0.05, 0.1) is 25.0 Å². The van der Waals surface area contributed by atoms with Crippen LogP contribution in [-0.2, 0) is 20.9 Å². The molecule has 0 saturated carbocycles. The first kappa shape index (κ1) is 21.9. The zero-order valence-electron chi connectivity index (χ0n) is 17.2. The fourth-order valence-electron chi connectivity index (χ4n) is 3.11. The van der Waals surface area contributed by atoms with Gasteiger partial charge in [0.15, 0.2) is 5.82 Å². The van der Waals surface area contributed by atoms with E-state index in [0.29, 0.717) is 28.5 Å². The predicted molar refractivity (Wildman–Crippen MR) is 113 cm³/mol. The first-order chi connectivity index (χ1) is 15.2. The smallest absolute Gasteiger partial charge is 0.414 e. The quantitative estimate of drug-likeness (QED) is 0.509. The summed E-state index contributed by atoms with van der Waals surface area (Å²) in [7, 11) is -1.94. The van der Waals surface area contributed by atoms with E-state index in [-0.39, 0.29) is 13.2 Å². The van der Waals surface area contributed by atoms with E-state index in [9.17, 15) is 18.6 Å². The average Bonchev–Trinajstić information content (AvgIpc) is 3.31. The van der Waals surface area contributed by atoms with Crippen LogP contribution >= 0.6 is 7.60 Å². The van der Waals surface area contributed by atoms with Crippen LogP contribution < -0.4 is 10.2 Å². The molecule has 1 saturated heterocycles. The lowest BCUT2D eigenvalue weighted by molar-refractivity contribution is 0.100. The van der Waals surface area contributed by atoms with Crippen LogP contribution in [0.15, 0.2) is 42.7 Å². The molecule has 11 nitrogen and oxygen atoms in total. The number of nitrogens with one attached hydrogen (secondary N) is 1. The van der Waals surface area contributed by atoms with Gasteiger partial charge in [-0.05, 0) is 30.3 Å². The van der Waals surface area contributed by atoms with E-state index in [0.717, 1.165) is 6.66 Å². The van der Waals surface area contributed by atoms with Gasteiger partial charge in [0.25, 0.3) is 0 Å². The van der Waals surface area contributed by atoms with Gasteiger partial charge in [-0.25, -0.2) is 14.2 Å². The number of halogens is 1. The van der Waals surface area contributed by atoms with Crippen molar-refractivity contribution in [2.24, 2.45) is 7.05 Å². The van der Waals surface area contributed by atoms with Gasteiger partial charge in [0.2, 0.25) is 0 Å². The number of aryl methyl sites for hydroxylation is 1. The van der Waals surface area contributed by atoms with Crippen LogP contribution in [0, 0.1) is 5.82 Å². The number of carbonyl (C=O) groups is 1. The first-order valence-corrected chi connectivity index (χ1v) is 11.5. The van der Waals surface area contributed by atoms with Gasteiger partial charge in [-0.3, -0.25) is 14.1 Å². The largest absolute Gasteiger partial charge is 0.441 e. The summed E-state index contributed by atoms with van der Waals surface area (Å²) in [5.74, 6) is 0.518. The van der Waals surface area contributed by atoms with Gasteiger partial charge in [-0.2, -0.15) is 0 Å². The summed E-state index contributed by atoms with van der Waals surface area (Å²) in [5.41, 5.74) is 1.17. The Kier molecular flexibility index (Phi) is 5.92. The number of anilines is 3. The second-order valence-corrected chi connectivity index (χ2v) is 9.08. The zero-order chi connectivity index (χ0) is 22.9. The molecular weight excluding hydrogens is 442 g/mol. The lowest BCUT2D eigenvalue weighted by Crippen LogP contribution is -2.25. The van der Waals surface area contributed by atoms with Crippen LogP contribution in [0.2, 0.25) is 0 Å². The van der Waals surface area contributed by atoms with Gasteiger partial charge in [0, 0.05) is 31.0 Å². The van der Waals surface area contributed by atoms with Crippen molar-refractivity contribution in [1.29, 1.82) is 0 Å². The Labute approximate surface area is 182 Å². The molecular formula is C19H20FN6O5P. The third-order valence-corrected chi connectivity index (χ3v) is 5.20. The minimum atomic E-state index is -3.69. The summed E-state index contributed by atoms with van der Waals surface area (Å²) >= 11 is 0. The lowest BCUT2D eigenvalue weighted by atomic mass is 10.1. The van der Waals surface area contributed by atoms with Crippen LogP contribution in [0.5, 0.6) is 0 Å². The number of hydrogen-bond acceptors (Lipinski definition) is 8. The van der Waals surface area contributed by atoms with Gasteiger partial charge < -0.3 is 19.5 Å². The molecule has 168 valence electrons. The van der Waals surface area contributed by atoms with Crippen molar-refractivity contribution >= 4 is 31.0 Å². The SMILES string of the molecule is Cn1cc(Nc2ccc(-c3ccc(N4C[C@H](COP(C)(=O)O)OC4=O)cc3F)cn2)nn1. The number of rotatable bonds is 7. The highest BCUT2D eigenvalue weighted by Crippen LogP contribution is 2.37. The summed E-state index contributed by atoms with van der Waals surface area (Å²) in [6.45, 7) is 0.887. The highest BCUT2D eigenvalue weighted by molar-refractivity contribution is 7.51. The Morgan fingerprint density at radius 1 is 1.34 bits per heavy atom. The number of hydrogen-bond donors (Lipinski definition) is 2. The monoisotopic (exact) mass is 462 g/mol. The Morgan fingerprint density at radius 3 is 2.78 bits per heavy atom. The van der Waals surface area contributed by atoms with Crippen molar-refractivity contribution in [1.82, 2.24) is 20.0 Å². The molecule has 2 N–H and O–H groups in total. The maximum absolute atomic E-state index is 14.8. The number of aromatic nitrogens is 4. The molecule has 0 radical (unpaired) electrons. The maximum atomic E-state index is 14.8. The Hall–Kier alpha value is -3.34. The number of nitrogens with zero attached hydrogens (tertiary/aromatic N) is 5. The van der Waals surface area contributed by atoms with Crippen molar-refractivity contribution in [3.63, 3.8) is 0 Å². The van der Waals surface area contributed by atoms with E-state index in [4.69, 9.17) is 9.26 Å². The number of amides is 1. The van der Waals surface area contributed by atoms with Crippen LogP contribution in [0.4, 0.5) is 26.5 Å². The minimum Gasteiger partial charge on any atom is -0.441 e. The van der Waals surface area contributed by atoms with Crippen molar-refractivity contribution in [3.05, 3.63) is 48.5 Å². The van der Waals surface area contributed by atoms with Crippen molar-refractivity contribution in [2.75, 3.05) is 30.0 Å². The molecule has 13 heteroatoms. The van der Waals surface area contributed by atoms with E-state index in [1.54, 1.807) is 42.2 Å². The Morgan fingerprint density at radius 2 is 2.16 bits per heavy atom. The molecule has 1 aliphatic heterocycles. The topological polar surface area (TPSA) is 132 Å². The van der Waals surface area contributed by atoms with Gasteiger partial charge in [-0.15, -0.1) is 5.10 Å². The molecule has 32 heavy (non-hydrogen) atoms. The van der Waals surface area contributed by atoms with Gasteiger partial charge >= 0.3 is 13.7 Å². The number of pyridine rings is 1. The zero-order valence-corrected chi connectivity index (χ0v) is 18.1. The molecule has 0 spiro atoms. The highest BCUT2D eigenvalue weighted by atomic mass is 31.2. The third kappa shape index (κ3) is 5.10. The van der Waals surface area contributed by atoms with E-state index < -0.39 is 25.6 Å². The molecule has 0 aliphatic carbocycles. The summed E-state index contributed by atoms with van der Waals surface area (Å²) in [6.07, 6.45) is 1.80. The summed E-state index contributed by atoms with van der Waals surface area (Å²) in [5, 5.41) is 10.7. The number of ether oxygens (including phenoxy) is 1. The normalized spacial score (nSPS) is 17.8. The van der Waals surface area contributed by atoms with Gasteiger partial charge in [-0.1, -0.05) is 5.21 Å². The fourth-order valence-corrected chi connectivity index (χ4v) is 3.55. The van der Waals surface area contributed by atoms with Crippen LogP contribution in [0.25, 0.3) is 11.1 Å². The Balaban J connectivity index is 1.45. The second kappa shape index (κ2) is 8.65. The highest BCUT2D eigenvalue weighted by Gasteiger charge is 2.34. The van der Waals surface area contributed by atoms with Crippen LogP contribution in [-0.4, -0.2) is 56.9 Å². The van der Waals surface area contributed by atoms with Crippen molar-refractivity contribution < 1.29 is 27.9 Å². The van der Waals surface area contributed by atoms with Crippen LogP contribution in [0.1, 0.15) is 0 Å². The number of carbonyl (C=O) groups excluding carboxylic acids is 1. The van der Waals surface area contributed by atoms with E-state index >= 15 is 0 Å². The molecule has 3 heterocycles. The average molecular weight is 462 g/mol. The van der Waals surface area contributed by atoms with E-state index in [2.05, 4.69) is 20.6 Å². The molecule has 3 aromatic rings. The first-order valence-electron chi connectivity index (χ1n) is 9.50. The molecule has 1 amide bonds. The third-order valence-electron chi connectivity index (χ3n) is 4.57. The van der Waals surface area contributed by atoms with Gasteiger partial charge in [0.1, 0.15) is 17.7 Å². The lowest BCUT2D eigenvalue weighted by Gasteiger charge is -2.15. The van der Waals surface area contributed by atoms with E-state index in [1.807, 2.05) is 0 Å². The number of cyclic esters (lactones) is 1. The number of benzene rings is 1. The summed E-state index contributed by atoms with van der Waals surface area (Å²) < 4.78 is 37.6.